The molecule has 1 aliphatic carbocycles. The highest BCUT2D eigenvalue weighted by molar-refractivity contribution is 6.39. The first-order valence-electron chi connectivity index (χ1n) is 8.46. The van der Waals surface area contributed by atoms with Crippen LogP contribution < -0.4 is 10.6 Å². The third-order valence-corrected chi connectivity index (χ3v) is 4.61. The van der Waals surface area contributed by atoms with Crippen LogP contribution in [0, 0.1) is 13.8 Å². The van der Waals surface area contributed by atoms with Crippen LogP contribution in [0.1, 0.15) is 36.8 Å². The highest BCUT2D eigenvalue weighted by Gasteiger charge is 2.43. The summed E-state index contributed by atoms with van der Waals surface area (Å²) < 4.78 is 11.7. The van der Waals surface area contributed by atoms with Crippen LogP contribution in [0.2, 0.25) is 0 Å². The highest BCUT2D eigenvalue weighted by atomic mass is 16.7. The lowest BCUT2D eigenvalue weighted by Crippen LogP contribution is -2.40. The molecule has 1 heterocycles. The van der Waals surface area contributed by atoms with Crippen molar-refractivity contribution in [3.63, 3.8) is 0 Å². The first-order chi connectivity index (χ1) is 11.5. The molecular weight excluding hydrogens is 308 g/mol. The Kier molecular flexibility index (Phi) is 4.87. The number of benzene rings is 1. The summed E-state index contributed by atoms with van der Waals surface area (Å²) in [4.78, 5) is 24.0. The minimum atomic E-state index is -0.670. The quantitative estimate of drug-likeness (QED) is 0.831. The molecule has 0 unspecified atom stereocenters. The summed E-state index contributed by atoms with van der Waals surface area (Å²) in [5.41, 5.74) is 2.67. The van der Waals surface area contributed by atoms with Gasteiger partial charge < -0.3 is 20.1 Å². The minimum absolute atomic E-state index is 0.194. The van der Waals surface area contributed by atoms with E-state index >= 15 is 0 Å². The summed E-state index contributed by atoms with van der Waals surface area (Å²) in [6, 6.07) is 5.65. The fourth-order valence-electron chi connectivity index (χ4n) is 3.31. The van der Waals surface area contributed by atoms with Gasteiger partial charge in [-0.25, -0.2) is 0 Å². The monoisotopic (exact) mass is 332 g/mol. The molecule has 3 rings (SSSR count). The molecule has 0 aromatic heterocycles. The van der Waals surface area contributed by atoms with E-state index in [-0.39, 0.29) is 12.6 Å². The topological polar surface area (TPSA) is 76.7 Å². The van der Waals surface area contributed by atoms with Gasteiger partial charge in [-0.1, -0.05) is 17.7 Å². The Hall–Kier alpha value is -1.92. The maximum atomic E-state index is 12.0. The van der Waals surface area contributed by atoms with Crippen molar-refractivity contribution in [1.29, 1.82) is 0 Å². The van der Waals surface area contributed by atoms with Crippen molar-refractivity contribution < 1.29 is 19.1 Å². The lowest BCUT2D eigenvalue weighted by atomic mass is 10.1. The van der Waals surface area contributed by atoms with E-state index in [9.17, 15) is 9.59 Å². The van der Waals surface area contributed by atoms with E-state index in [1.807, 2.05) is 26.0 Å². The molecule has 6 heteroatoms. The van der Waals surface area contributed by atoms with E-state index < -0.39 is 17.6 Å². The zero-order valence-corrected chi connectivity index (χ0v) is 14.2. The number of amides is 2. The van der Waals surface area contributed by atoms with Crippen molar-refractivity contribution in [2.24, 2.45) is 0 Å². The predicted molar refractivity (Wildman–Crippen MR) is 89.6 cm³/mol. The number of carbonyl (C=O) groups is 2. The molecule has 1 atom stereocenters. The second-order valence-electron chi connectivity index (χ2n) is 6.65. The van der Waals surface area contributed by atoms with E-state index in [1.165, 1.54) is 0 Å². The van der Waals surface area contributed by atoms with Gasteiger partial charge in [0.05, 0.1) is 6.61 Å². The lowest BCUT2D eigenvalue weighted by Gasteiger charge is -2.21. The summed E-state index contributed by atoms with van der Waals surface area (Å²) in [5.74, 6) is -1.78. The molecule has 2 fully saturated rings. The summed E-state index contributed by atoms with van der Waals surface area (Å²) in [6.45, 7) is 4.61. The van der Waals surface area contributed by atoms with Gasteiger partial charge in [-0.15, -0.1) is 0 Å². The van der Waals surface area contributed by atoms with Crippen LogP contribution in [0.25, 0.3) is 0 Å². The Morgan fingerprint density at radius 3 is 2.67 bits per heavy atom. The second kappa shape index (κ2) is 6.91. The van der Waals surface area contributed by atoms with Crippen LogP contribution in [0.5, 0.6) is 0 Å². The van der Waals surface area contributed by atoms with E-state index in [2.05, 4.69) is 10.6 Å². The fourth-order valence-corrected chi connectivity index (χ4v) is 3.31. The normalized spacial score (nSPS) is 21.8. The van der Waals surface area contributed by atoms with Gasteiger partial charge in [-0.3, -0.25) is 9.59 Å². The Bertz CT molecular complexity index is 638. The van der Waals surface area contributed by atoms with Crippen LogP contribution in [0.15, 0.2) is 18.2 Å². The summed E-state index contributed by atoms with van der Waals surface area (Å²) in [5, 5.41) is 5.26. The average Bonchev–Trinajstić information content (AvgIpc) is 3.18. The number of nitrogens with one attached hydrogen (secondary N) is 2. The largest absolute Gasteiger partial charge is 0.347 e. The number of carbonyl (C=O) groups excluding carboxylic acids is 2. The van der Waals surface area contributed by atoms with E-state index in [0.717, 1.165) is 36.8 Å². The molecule has 0 radical (unpaired) electrons. The Morgan fingerprint density at radius 1 is 1.21 bits per heavy atom. The second-order valence-corrected chi connectivity index (χ2v) is 6.65. The van der Waals surface area contributed by atoms with Crippen LogP contribution in [0.3, 0.4) is 0 Å². The smallest absolute Gasteiger partial charge is 0.313 e. The van der Waals surface area contributed by atoms with Crippen molar-refractivity contribution >= 4 is 17.5 Å². The van der Waals surface area contributed by atoms with Gasteiger partial charge in [0, 0.05) is 25.1 Å². The third kappa shape index (κ3) is 3.76. The van der Waals surface area contributed by atoms with E-state index in [1.54, 1.807) is 6.07 Å². The third-order valence-electron chi connectivity index (χ3n) is 4.61. The number of ether oxygens (including phenoxy) is 2. The van der Waals surface area contributed by atoms with Crippen LogP contribution >= 0.6 is 0 Å². The van der Waals surface area contributed by atoms with Crippen molar-refractivity contribution in [3.05, 3.63) is 29.3 Å². The first kappa shape index (κ1) is 16.9. The maximum Gasteiger partial charge on any atom is 0.313 e. The van der Waals surface area contributed by atoms with Crippen molar-refractivity contribution in [2.75, 3.05) is 18.5 Å². The summed E-state index contributed by atoms with van der Waals surface area (Å²) in [6.07, 6.45) is 3.84. The van der Waals surface area contributed by atoms with Gasteiger partial charge in [0.25, 0.3) is 0 Å². The van der Waals surface area contributed by atoms with Gasteiger partial charge in [0.15, 0.2) is 5.79 Å². The molecule has 1 aliphatic heterocycles. The summed E-state index contributed by atoms with van der Waals surface area (Å²) in [7, 11) is 0. The van der Waals surface area contributed by atoms with E-state index in [0.29, 0.717) is 12.3 Å². The number of anilines is 1. The molecule has 6 nitrogen and oxygen atoms in total. The SMILES string of the molecule is Cc1ccc(NC(=O)C(=O)NC[C@@H]2COC3(CCCC3)O2)c(C)c1. The van der Waals surface area contributed by atoms with Crippen LogP contribution in [-0.2, 0) is 19.1 Å². The average molecular weight is 332 g/mol. The molecule has 2 aliphatic rings. The molecule has 1 spiro atoms. The standard InChI is InChI=1S/C18H24N2O4/c1-12-5-6-15(13(2)9-12)20-17(22)16(21)19-10-14-11-23-18(24-14)7-3-4-8-18/h5-6,9,14H,3-4,7-8,10-11H2,1-2H3,(H,19,21)(H,20,22)/t14-/m1/s1. The van der Waals surface area contributed by atoms with Crippen molar-refractivity contribution in [2.45, 2.75) is 51.4 Å². The zero-order valence-electron chi connectivity index (χ0n) is 14.2. The summed E-state index contributed by atoms with van der Waals surface area (Å²) >= 11 is 0. The van der Waals surface area contributed by atoms with Crippen molar-refractivity contribution in [3.8, 4) is 0 Å². The predicted octanol–water partition coefficient (Wildman–Crippen LogP) is 2.04. The Labute approximate surface area is 141 Å². The molecular formula is C18H24N2O4. The zero-order chi connectivity index (χ0) is 17.2. The Balaban J connectivity index is 1.47. The molecule has 2 amide bonds. The molecule has 130 valence electrons. The number of hydrogen-bond acceptors (Lipinski definition) is 4. The van der Waals surface area contributed by atoms with Gasteiger partial charge in [-0.2, -0.15) is 0 Å². The minimum Gasteiger partial charge on any atom is -0.347 e. The molecule has 1 aromatic carbocycles. The first-order valence-corrected chi connectivity index (χ1v) is 8.46. The number of rotatable bonds is 3. The van der Waals surface area contributed by atoms with Gasteiger partial charge in [-0.05, 0) is 38.3 Å². The van der Waals surface area contributed by atoms with Gasteiger partial charge >= 0.3 is 11.8 Å². The Morgan fingerprint density at radius 2 is 1.96 bits per heavy atom. The number of hydrogen-bond donors (Lipinski definition) is 2. The molecule has 0 bridgehead atoms. The van der Waals surface area contributed by atoms with Crippen molar-refractivity contribution in [1.82, 2.24) is 5.32 Å². The molecule has 1 saturated carbocycles. The van der Waals surface area contributed by atoms with Gasteiger partial charge in [0.2, 0.25) is 0 Å². The number of aryl methyl sites for hydroxylation is 2. The maximum absolute atomic E-state index is 12.0. The molecule has 1 aromatic rings. The fraction of sp³-hybridized carbons (Fsp3) is 0.556. The van der Waals surface area contributed by atoms with Crippen LogP contribution in [0.4, 0.5) is 5.69 Å². The molecule has 24 heavy (non-hydrogen) atoms. The van der Waals surface area contributed by atoms with Crippen LogP contribution in [-0.4, -0.2) is 36.9 Å². The highest BCUT2D eigenvalue weighted by Crippen LogP contribution is 2.38. The van der Waals surface area contributed by atoms with E-state index in [4.69, 9.17) is 9.47 Å². The van der Waals surface area contributed by atoms with Gasteiger partial charge in [0.1, 0.15) is 6.10 Å². The lowest BCUT2D eigenvalue weighted by molar-refractivity contribution is -0.161. The molecule has 1 saturated heterocycles. The molecule has 2 N–H and O–H groups in total.